The van der Waals surface area contributed by atoms with Crippen molar-refractivity contribution in [2.45, 2.75) is 0 Å². The molecule has 0 unspecified atom stereocenters. The van der Waals surface area contributed by atoms with Crippen molar-refractivity contribution in [3.63, 3.8) is 0 Å². The Morgan fingerprint density at radius 1 is 0.333 bits per heavy atom. The van der Waals surface area contributed by atoms with Crippen molar-refractivity contribution in [1.82, 2.24) is 0 Å². The topological polar surface area (TPSA) is 12.0 Å². The minimum absolute atomic E-state index is 1.08. The fraction of sp³-hybridized carbons (Fsp3) is 0. The summed E-state index contributed by atoms with van der Waals surface area (Å²) < 4.78 is 0. The van der Waals surface area contributed by atoms with E-state index in [4.69, 9.17) is 0 Å². The molecular formula is C46H33NSi. The van der Waals surface area contributed by atoms with Crippen LogP contribution in [0.4, 0.5) is 11.4 Å². The van der Waals surface area contributed by atoms with Crippen molar-refractivity contribution in [2.75, 3.05) is 5.32 Å². The third-order valence-corrected chi connectivity index (χ3v) is 14.9. The van der Waals surface area contributed by atoms with E-state index in [9.17, 15) is 0 Å². The zero-order valence-electron chi connectivity index (χ0n) is 26.5. The summed E-state index contributed by atoms with van der Waals surface area (Å²) in [4.78, 5) is 0. The third-order valence-electron chi connectivity index (χ3n) is 9.95. The standard InChI is InChI=1S/C46H33NSi/c1-3-15-33(16-4-1)38-23-13-17-35-18-14-24-39(46(35)38)34-29-31-36(32-30-34)47-42-25-9-12-28-45(42)48(37-19-5-2-6-20-37)43-26-10-7-21-40(43)41-22-8-11-27-44(41)48/h1-32,47H. The number of nitrogens with one attached hydrogen (secondary N) is 1. The molecule has 1 aliphatic rings. The Balaban J connectivity index is 1.16. The molecule has 8 aromatic carbocycles. The molecule has 0 fully saturated rings. The number of rotatable bonds is 6. The number of anilines is 2. The molecule has 1 aliphatic heterocycles. The molecule has 0 aromatic heterocycles. The van der Waals surface area contributed by atoms with E-state index in [-0.39, 0.29) is 0 Å². The number of hydrogen-bond acceptors (Lipinski definition) is 1. The van der Waals surface area contributed by atoms with Crippen LogP contribution in [0, 0.1) is 0 Å². The van der Waals surface area contributed by atoms with Gasteiger partial charge in [0.1, 0.15) is 0 Å². The Bertz CT molecular complexity index is 2360. The summed E-state index contributed by atoms with van der Waals surface area (Å²) >= 11 is 0. The molecule has 0 bridgehead atoms. The summed E-state index contributed by atoms with van der Waals surface area (Å²) in [7, 11) is -2.62. The van der Waals surface area contributed by atoms with Gasteiger partial charge < -0.3 is 5.32 Å². The third kappa shape index (κ3) is 4.45. The Morgan fingerprint density at radius 2 is 0.812 bits per heavy atom. The van der Waals surface area contributed by atoms with Crippen LogP contribution in [-0.4, -0.2) is 8.07 Å². The van der Waals surface area contributed by atoms with Crippen molar-refractivity contribution < 1.29 is 0 Å². The fourth-order valence-corrected chi connectivity index (χ4v) is 13.3. The molecule has 226 valence electrons. The first-order valence-corrected chi connectivity index (χ1v) is 18.6. The lowest BCUT2D eigenvalue weighted by Crippen LogP contribution is -2.73. The molecule has 9 rings (SSSR count). The van der Waals surface area contributed by atoms with Gasteiger partial charge in [-0.3, -0.25) is 0 Å². The first-order valence-electron chi connectivity index (χ1n) is 16.6. The normalized spacial score (nSPS) is 12.8. The van der Waals surface area contributed by atoms with E-state index in [1.807, 2.05) is 0 Å². The number of fused-ring (bicyclic) bond motifs is 4. The molecule has 1 nitrogen and oxygen atoms in total. The first-order chi connectivity index (χ1) is 23.8. The van der Waals surface area contributed by atoms with Crippen molar-refractivity contribution >= 4 is 51.0 Å². The molecule has 2 heteroatoms. The largest absolute Gasteiger partial charge is 0.356 e. The SMILES string of the molecule is c1ccc(-c2cccc3cccc(-c4ccc(Nc5ccccc5[Si]5(c6ccccc6)c6ccccc6-c6ccccc65)cc4)c23)cc1. The van der Waals surface area contributed by atoms with E-state index < -0.39 is 8.07 Å². The van der Waals surface area contributed by atoms with Gasteiger partial charge in [-0.25, -0.2) is 0 Å². The number of para-hydroxylation sites is 1. The zero-order chi connectivity index (χ0) is 31.9. The lowest BCUT2D eigenvalue weighted by Gasteiger charge is -2.33. The van der Waals surface area contributed by atoms with Gasteiger partial charge in [0.15, 0.2) is 8.07 Å². The summed E-state index contributed by atoms with van der Waals surface area (Å²) in [6.45, 7) is 0. The minimum atomic E-state index is -2.62. The molecule has 0 amide bonds. The monoisotopic (exact) mass is 627 g/mol. The van der Waals surface area contributed by atoms with Gasteiger partial charge in [-0.2, -0.15) is 0 Å². The molecule has 8 aromatic rings. The molecule has 0 saturated carbocycles. The van der Waals surface area contributed by atoms with Gasteiger partial charge >= 0.3 is 0 Å². The molecule has 0 saturated heterocycles. The fourth-order valence-electron chi connectivity index (χ4n) is 7.93. The van der Waals surface area contributed by atoms with E-state index in [2.05, 4.69) is 199 Å². The van der Waals surface area contributed by atoms with Crippen LogP contribution in [0.25, 0.3) is 44.2 Å². The molecule has 0 aliphatic carbocycles. The Hall–Kier alpha value is -5.96. The smallest absolute Gasteiger partial charge is 0.183 e. The van der Waals surface area contributed by atoms with Crippen LogP contribution in [-0.2, 0) is 0 Å². The van der Waals surface area contributed by atoms with E-state index in [1.165, 1.54) is 64.9 Å². The van der Waals surface area contributed by atoms with Gasteiger partial charge in [0, 0.05) is 11.4 Å². The average Bonchev–Trinajstić information content (AvgIpc) is 3.47. The highest BCUT2D eigenvalue weighted by Gasteiger charge is 2.49. The lowest BCUT2D eigenvalue weighted by molar-refractivity contribution is 1.56. The highest BCUT2D eigenvalue weighted by molar-refractivity contribution is 7.22. The second-order valence-electron chi connectivity index (χ2n) is 12.5. The van der Waals surface area contributed by atoms with Gasteiger partial charge in [-0.1, -0.05) is 176 Å². The van der Waals surface area contributed by atoms with Crippen LogP contribution in [0.5, 0.6) is 0 Å². The molecule has 1 heterocycles. The maximum absolute atomic E-state index is 3.89. The zero-order valence-corrected chi connectivity index (χ0v) is 27.5. The molecule has 1 N–H and O–H groups in total. The van der Waals surface area contributed by atoms with E-state index in [0.29, 0.717) is 0 Å². The van der Waals surface area contributed by atoms with Crippen LogP contribution in [0.2, 0.25) is 0 Å². The number of benzene rings is 8. The minimum Gasteiger partial charge on any atom is -0.356 e. The quantitative estimate of drug-likeness (QED) is 0.181. The molecule has 48 heavy (non-hydrogen) atoms. The highest BCUT2D eigenvalue weighted by Crippen LogP contribution is 2.37. The second-order valence-corrected chi connectivity index (χ2v) is 16.2. The van der Waals surface area contributed by atoms with Crippen LogP contribution < -0.4 is 26.1 Å². The summed E-state index contributed by atoms with van der Waals surface area (Å²) in [6.07, 6.45) is 0. The Morgan fingerprint density at radius 3 is 1.44 bits per heavy atom. The summed E-state index contributed by atoms with van der Waals surface area (Å²) in [5.74, 6) is 0. The van der Waals surface area contributed by atoms with E-state index in [0.717, 1.165) is 11.4 Å². The molecule has 0 radical (unpaired) electrons. The predicted octanol–water partition coefficient (Wildman–Crippen LogP) is 9.28. The van der Waals surface area contributed by atoms with Crippen LogP contribution in [0.1, 0.15) is 0 Å². The highest BCUT2D eigenvalue weighted by atomic mass is 28.3. The Kier molecular flexibility index (Phi) is 6.88. The van der Waals surface area contributed by atoms with Gasteiger partial charge in [0.05, 0.1) is 0 Å². The van der Waals surface area contributed by atoms with Crippen LogP contribution in [0.15, 0.2) is 194 Å². The first kappa shape index (κ1) is 28.3. The van der Waals surface area contributed by atoms with E-state index >= 15 is 0 Å². The summed E-state index contributed by atoms with van der Waals surface area (Å²) in [6, 6.07) is 71.2. The number of hydrogen-bond donors (Lipinski definition) is 1. The maximum Gasteiger partial charge on any atom is 0.183 e. The van der Waals surface area contributed by atoms with Crippen LogP contribution in [0.3, 0.4) is 0 Å². The van der Waals surface area contributed by atoms with Crippen molar-refractivity contribution in [3.8, 4) is 33.4 Å². The van der Waals surface area contributed by atoms with Crippen molar-refractivity contribution in [3.05, 3.63) is 194 Å². The maximum atomic E-state index is 3.89. The van der Waals surface area contributed by atoms with Crippen molar-refractivity contribution in [1.29, 1.82) is 0 Å². The summed E-state index contributed by atoms with van der Waals surface area (Å²) in [5.41, 5.74) is 9.88. The molecule has 0 atom stereocenters. The Labute approximate surface area is 282 Å². The van der Waals surface area contributed by atoms with Gasteiger partial charge in [-0.05, 0) is 83.1 Å². The summed E-state index contributed by atoms with van der Waals surface area (Å²) in [5, 5.41) is 12.1. The second kappa shape index (κ2) is 11.7. The molecular weight excluding hydrogens is 595 g/mol. The van der Waals surface area contributed by atoms with Crippen LogP contribution >= 0.6 is 0 Å². The average molecular weight is 628 g/mol. The van der Waals surface area contributed by atoms with Gasteiger partial charge in [0.2, 0.25) is 0 Å². The van der Waals surface area contributed by atoms with Crippen molar-refractivity contribution in [2.24, 2.45) is 0 Å². The van der Waals surface area contributed by atoms with Gasteiger partial charge in [-0.15, -0.1) is 0 Å². The molecule has 0 spiro atoms. The lowest BCUT2D eigenvalue weighted by atomic mass is 9.91. The predicted molar refractivity (Wildman–Crippen MR) is 207 cm³/mol. The van der Waals surface area contributed by atoms with Gasteiger partial charge in [0.25, 0.3) is 0 Å². The van der Waals surface area contributed by atoms with E-state index in [1.54, 1.807) is 0 Å².